The molecule has 0 spiro atoms. The highest BCUT2D eigenvalue weighted by molar-refractivity contribution is 5.37. The topological polar surface area (TPSA) is 63.2 Å². The third kappa shape index (κ3) is 3.30. The molecule has 2 aliphatic heterocycles. The van der Waals surface area contributed by atoms with Crippen molar-refractivity contribution in [2.75, 3.05) is 6.61 Å². The second kappa shape index (κ2) is 6.34. The van der Waals surface area contributed by atoms with Gasteiger partial charge in [0.05, 0.1) is 13.2 Å². The summed E-state index contributed by atoms with van der Waals surface area (Å²) in [4.78, 5) is 10.6. The number of fused-ring (bicyclic) bond motifs is 1. The molecule has 0 aromatic heterocycles. The zero-order chi connectivity index (χ0) is 15.6. The van der Waals surface area contributed by atoms with Gasteiger partial charge in [-0.15, -0.1) is 0 Å². The summed E-state index contributed by atoms with van der Waals surface area (Å²) in [5.74, 6) is -0.721. The largest absolute Gasteiger partial charge is 0.435 e. The van der Waals surface area contributed by atoms with E-state index in [-0.39, 0.29) is 12.2 Å². The molecule has 120 valence electrons. The van der Waals surface area contributed by atoms with Gasteiger partial charge in [-0.1, -0.05) is 30.3 Å². The molecule has 6 nitrogen and oxygen atoms in total. The Hall–Kier alpha value is -1.47. The van der Waals surface area contributed by atoms with Gasteiger partial charge in [-0.2, -0.15) is 0 Å². The average molecular weight is 308 g/mol. The van der Waals surface area contributed by atoms with E-state index in [1.54, 1.807) is 0 Å². The van der Waals surface area contributed by atoms with Crippen LogP contribution in [0, 0.1) is 0 Å². The third-order valence-electron chi connectivity index (χ3n) is 3.69. The van der Waals surface area contributed by atoms with E-state index in [2.05, 4.69) is 0 Å². The summed E-state index contributed by atoms with van der Waals surface area (Å²) in [5.41, 5.74) is 1.08. The molecule has 0 saturated carbocycles. The fraction of sp³-hybridized carbons (Fsp3) is 0.562. The Balaban J connectivity index is 1.57. The van der Waals surface area contributed by atoms with Crippen molar-refractivity contribution >= 4 is 6.47 Å². The first kappa shape index (κ1) is 15.4. The maximum absolute atomic E-state index is 10.6. The number of carbonyl (C=O) groups excluding carboxylic acids is 1. The molecule has 22 heavy (non-hydrogen) atoms. The molecule has 1 aromatic rings. The fourth-order valence-corrected chi connectivity index (χ4v) is 2.81. The lowest BCUT2D eigenvalue weighted by Crippen LogP contribution is -2.32. The molecular formula is C16H20O6. The highest BCUT2D eigenvalue weighted by atomic mass is 16.8. The van der Waals surface area contributed by atoms with Crippen LogP contribution in [0.3, 0.4) is 0 Å². The SMILES string of the molecule is CC1(C)O[C@H]2[C@H](OC=O)O[C@H](COCc3ccccc3)[C@H]2O1. The van der Waals surface area contributed by atoms with Crippen LogP contribution in [0.2, 0.25) is 0 Å². The van der Waals surface area contributed by atoms with Crippen LogP contribution in [-0.4, -0.2) is 43.5 Å². The number of benzene rings is 1. The highest BCUT2D eigenvalue weighted by Crippen LogP contribution is 2.39. The fourth-order valence-electron chi connectivity index (χ4n) is 2.81. The van der Waals surface area contributed by atoms with Crippen molar-refractivity contribution < 1.29 is 28.5 Å². The lowest BCUT2D eigenvalue weighted by atomic mass is 10.1. The van der Waals surface area contributed by atoms with E-state index in [0.29, 0.717) is 19.7 Å². The normalized spacial score (nSPS) is 32.6. The molecule has 0 amide bonds. The van der Waals surface area contributed by atoms with Crippen LogP contribution < -0.4 is 0 Å². The second-order valence-corrected chi connectivity index (χ2v) is 5.84. The van der Waals surface area contributed by atoms with Gasteiger partial charge < -0.3 is 23.7 Å². The first-order valence-electron chi connectivity index (χ1n) is 7.31. The maximum atomic E-state index is 10.6. The molecule has 1 aromatic carbocycles. The van der Waals surface area contributed by atoms with Crippen LogP contribution in [0.25, 0.3) is 0 Å². The number of ether oxygens (including phenoxy) is 5. The summed E-state index contributed by atoms with van der Waals surface area (Å²) in [7, 11) is 0. The Bertz CT molecular complexity index is 503. The van der Waals surface area contributed by atoms with Gasteiger partial charge in [-0.3, -0.25) is 4.79 Å². The van der Waals surface area contributed by atoms with E-state index in [9.17, 15) is 4.79 Å². The lowest BCUT2D eigenvalue weighted by molar-refractivity contribution is -0.231. The number of carbonyl (C=O) groups is 1. The molecule has 2 heterocycles. The zero-order valence-electron chi connectivity index (χ0n) is 12.6. The molecule has 2 aliphatic rings. The Morgan fingerprint density at radius 3 is 2.64 bits per heavy atom. The monoisotopic (exact) mass is 308 g/mol. The summed E-state index contributed by atoms with van der Waals surface area (Å²) in [6.45, 7) is 4.84. The molecule has 2 fully saturated rings. The Morgan fingerprint density at radius 2 is 1.91 bits per heavy atom. The maximum Gasteiger partial charge on any atom is 0.295 e. The quantitative estimate of drug-likeness (QED) is 0.744. The van der Waals surface area contributed by atoms with E-state index in [1.807, 2.05) is 44.2 Å². The van der Waals surface area contributed by atoms with Crippen LogP contribution >= 0.6 is 0 Å². The molecule has 0 bridgehead atoms. The molecule has 6 heteroatoms. The summed E-state index contributed by atoms with van der Waals surface area (Å²) in [6.07, 6.45) is -1.82. The van der Waals surface area contributed by atoms with E-state index in [0.717, 1.165) is 5.56 Å². The number of hydrogen-bond acceptors (Lipinski definition) is 6. The molecule has 0 unspecified atom stereocenters. The standard InChI is InChI=1S/C16H20O6/c1-16(2)21-13-12(20-15(19-10-17)14(13)22-16)9-18-8-11-6-4-3-5-7-11/h3-7,10,12-15H,8-9H2,1-2H3/t12-,13-,14-,15-/m1/s1. The summed E-state index contributed by atoms with van der Waals surface area (Å²) in [5, 5.41) is 0. The van der Waals surface area contributed by atoms with Crippen LogP contribution in [0.4, 0.5) is 0 Å². The van der Waals surface area contributed by atoms with Gasteiger partial charge in [0.1, 0.15) is 12.2 Å². The molecule has 2 saturated heterocycles. The molecule has 4 atom stereocenters. The van der Waals surface area contributed by atoms with Crippen molar-refractivity contribution in [3.63, 3.8) is 0 Å². The summed E-state index contributed by atoms with van der Waals surface area (Å²) < 4.78 is 27.9. The smallest absolute Gasteiger partial charge is 0.295 e. The van der Waals surface area contributed by atoms with Crippen molar-refractivity contribution in [2.45, 2.75) is 50.8 Å². The summed E-state index contributed by atoms with van der Waals surface area (Å²) in [6, 6.07) is 9.88. The van der Waals surface area contributed by atoms with Crippen molar-refractivity contribution in [3.8, 4) is 0 Å². The average Bonchev–Trinajstić information content (AvgIpc) is 2.96. The van der Waals surface area contributed by atoms with Gasteiger partial charge >= 0.3 is 0 Å². The van der Waals surface area contributed by atoms with Crippen LogP contribution in [0.15, 0.2) is 30.3 Å². The number of rotatable bonds is 6. The molecule has 3 rings (SSSR count). The van der Waals surface area contributed by atoms with Crippen molar-refractivity contribution in [1.82, 2.24) is 0 Å². The second-order valence-electron chi connectivity index (χ2n) is 5.84. The number of hydrogen-bond donors (Lipinski definition) is 0. The minimum absolute atomic E-state index is 0.310. The van der Waals surface area contributed by atoms with Gasteiger partial charge in [0.25, 0.3) is 6.47 Å². The van der Waals surface area contributed by atoms with Crippen LogP contribution in [0.1, 0.15) is 19.4 Å². The van der Waals surface area contributed by atoms with Gasteiger partial charge in [-0.05, 0) is 19.4 Å². The predicted octanol–water partition coefficient (Wildman–Crippen LogP) is 1.62. The van der Waals surface area contributed by atoms with Gasteiger partial charge in [-0.25, -0.2) is 0 Å². The molecule has 0 aliphatic carbocycles. The van der Waals surface area contributed by atoms with Gasteiger partial charge in [0.2, 0.25) is 6.29 Å². The van der Waals surface area contributed by atoms with Crippen molar-refractivity contribution in [1.29, 1.82) is 0 Å². The van der Waals surface area contributed by atoms with Crippen LogP contribution in [0.5, 0.6) is 0 Å². The first-order chi connectivity index (χ1) is 10.6. The Labute approximate surface area is 129 Å². The predicted molar refractivity (Wildman–Crippen MR) is 75.7 cm³/mol. The summed E-state index contributed by atoms with van der Waals surface area (Å²) >= 11 is 0. The Morgan fingerprint density at radius 1 is 1.18 bits per heavy atom. The minimum atomic E-state index is -0.755. The van der Waals surface area contributed by atoms with Crippen LogP contribution in [-0.2, 0) is 35.1 Å². The van der Waals surface area contributed by atoms with Gasteiger partial charge in [0, 0.05) is 0 Å². The Kier molecular flexibility index (Phi) is 4.44. The highest BCUT2D eigenvalue weighted by Gasteiger charge is 2.56. The van der Waals surface area contributed by atoms with E-state index in [4.69, 9.17) is 23.7 Å². The molecule has 0 radical (unpaired) electrons. The first-order valence-corrected chi connectivity index (χ1v) is 7.31. The zero-order valence-corrected chi connectivity index (χ0v) is 12.6. The third-order valence-corrected chi connectivity index (χ3v) is 3.69. The minimum Gasteiger partial charge on any atom is -0.435 e. The molecular weight excluding hydrogens is 288 g/mol. The van der Waals surface area contributed by atoms with Gasteiger partial charge in [0.15, 0.2) is 11.9 Å². The van der Waals surface area contributed by atoms with E-state index >= 15 is 0 Å². The van der Waals surface area contributed by atoms with Crippen molar-refractivity contribution in [3.05, 3.63) is 35.9 Å². The van der Waals surface area contributed by atoms with E-state index in [1.165, 1.54) is 0 Å². The molecule has 0 N–H and O–H groups in total. The lowest BCUT2D eigenvalue weighted by Gasteiger charge is -2.23. The van der Waals surface area contributed by atoms with E-state index < -0.39 is 18.2 Å². The van der Waals surface area contributed by atoms with Crippen molar-refractivity contribution in [2.24, 2.45) is 0 Å².